The number of carbonyl (C=O) groups excluding carboxylic acids is 5. The second-order valence-corrected chi connectivity index (χ2v) is 14.2. The molecule has 2 heterocycles. The molecule has 0 aromatic heterocycles. The number of nitrogens with zero attached hydrogens (tertiary/aromatic N) is 2. The van der Waals surface area contributed by atoms with E-state index in [1.54, 1.807) is 4.90 Å². The first-order valence-corrected chi connectivity index (χ1v) is 18.2. The van der Waals surface area contributed by atoms with Crippen LogP contribution in [0.5, 0.6) is 0 Å². The Hall–Kier alpha value is -5.47. The van der Waals surface area contributed by atoms with Crippen LogP contribution in [-0.4, -0.2) is 94.8 Å². The van der Waals surface area contributed by atoms with Crippen molar-refractivity contribution >= 4 is 41.5 Å². The van der Waals surface area contributed by atoms with E-state index in [1.807, 2.05) is 74.5 Å². The zero-order chi connectivity index (χ0) is 38.5. The van der Waals surface area contributed by atoms with Crippen molar-refractivity contribution < 1.29 is 33.9 Å². The molecule has 4 rings (SSSR count). The molecule has 2 fully saturated rings. The molecule has 9 N–H and O–H groups in total. The smallest absolute Gasteiger partial charge is 0.305 e. The average Bonchev–Trinajstić information content (AvgIpc) is 3.48. The van der Waals surface area contributed by atoms with Gasteiger partial charge in [0, 0.05) is 19.1 Å². The quantitative estimate of drug-likeness (QED) is 0.0645. The van der Waals surface area contributed by atoms with Crippen molar-refractivity contribution in [2.24, 2.45) is 28.3 Å². The first kappa shape index (κ1) is 40.3. The number of aliphatic imine (C=N–C) groups is 1. The van der Waals surface area contributed by atoms with Gasteiger partial charge in [0.1, 0.15) is 24.2 Å². The molecule has 2 saturated heterocycles. The number of rotatable bonds is 18. The number of amides is 5. The second-order valence-electron chi connectivity index (χ2n) is 14.2. The molecule has 0 saturated carbocycles. The van der Waals surface area contributed by atoms with Crippen LogP contribution in [0, 0.1) is 11.8 Å². The van der Waals surface area contributed by atoms with Crippen LogP contribution in [0.15, 0.2) is 65.7 Å². The Morgan fingerprint density at radius 1 is 0.906 bits per heavy atom. The molecule has 5 amide bonds. The van der Waals surface area contributed by atoms with Gasteiger partial charge in [-0.2, -0.15) is 0 Å². The fraction of sp³-hybridized carbons (Fsp3) is 0.500. The van der Waals surface area contributed by atoms with Gasteiger partial charge < -0.3 is 42.7 Å². The summed E-state index contributed by atoms with van der Waals surface area (Å²) >= 11 is 0. The van der Waals surface area contributed by atoms with Crippen LogP contribution in [0.25, 0.3) is 0 Å². The number of aliphatic carboxylic acids is 1. The minimum atomic E-state index is -1.40. The lowest BCUT2D eigenvalue weighted by Crippen LogP contribution is -2.61. The summed E-state index contributed by atoms with van der Waals surface area (Å²) in [6, 6.07) is 14.3. The number of nitrogens with one attached hydrogen (secondary N) is 4. The minimum Gasteiger partial charge on any atom is -0.481 e. The lowest BCUT2D eigenvalue weighted by Gasteiger charge is -2.39. The van der Waals surface area contributed by atoms with Crippen LogP contribution in [0.1, 0.15) is 63.5 Å². The number of nitrogens with two attached hydrogens (primary N) is 2. The SMILES string of the molecule is CC(C)CNC(=O)[C@H](CC(=O)O)NC(=O)[C@H](CCCN=C(N)N)NC(=O)[C@@H]1C[C@@H](Cc2ccccc2)[C@@H]2CC[C@H](NC(=O)Cc3ccccc3)C(=O)N12. The van der Waals surface area contributed by atoms with Crippen LogP contribution < -0.4 is 32.7 Å². The molecule has 286 valence electrons. The summed E-state index contributed by atoms with van der Waals surface area (Å²) in [5.41, 5.74) is 12.8. The maximum Gasteiger partial charge on any atom is 0.305 e. The van der Waals surface area contributed by atoms with Crippen LogP contribution in [0.2, 0.25) is 0 Å². The topological polar surface area (TPSA) is 238 Å². The Balaban J connectivity index is 1.55. The summed E-state index contributed by atoms with van der Waals surface area (Å²) in [6.07, 6.45) is 1.67. The molecule has 15 nitrogen and oxygen atoms in total. The molecule has 2 aromatic rings. The Labute approximate surface area is 309 Å². The van der Waals surface area contributed by atoms with Gasteiger partial charge in [-0.15, -0.1) is 0 Å². The second kappa shape index (κ2) is 19.4. The molecule has 0 radical (unpaired) electrons. The van der Waals surface area contributed by atoms with E-state index in [1.165, 1.54) is 0 Å². The van der Waals surface area contributed by atoms with Crippen molar-refractivity contribution in [3.05, 3.63) is 71.8 Å². The molecule has 15 heteroatoms. The fourth-order valence-electron chi connectivity index (χ4n) is 7.00. The van der Waals surface area contributed by atoms with Crippen LogP contribution in [0.4, 0.5) is 0 Å². The summed E-state index contributed by atoms with van der Waals surface area (Å²) < 4.78 is 0. The highest BCUT2D eigenvalue weighted by atomic mass is 16.4. The molecule has 6 atom stereocenters. The van der Waals surface area contributed by atoms with Crippen molar-refractivity contribution in [1.82, 2.24) is 26.2 Å². The molecule has 53 heavy (non-hydrogen) atoms. The highest BCUT2D eigenvalue weighted by molar-refractivity contribution is 5.97. The number of hydrogen-bond donors (Lipinski definition) is 7. The third-order valence-corrected chi connectivity index (χ3v) is 9.53. The van der Waals surface area contributed by atoms with Gasteiger partial charge in [-0.05, 0) is 61.5 Å². The minimum absolute atomic E-state index is 0.0530. The van der Waals surface area contributed by atoms with Gasteiger partial charge in [-0.1, -0.05) is 74.5 Å². The van der Waals surface area contributed by atoms with E-state index in [0.717, 1.165) is 11.1 Å². The van der Waals surface area contributed by atoms with Gasteiger partial charge in [0.05, 0.1) is 12.8 Å². The molecule has 0 bridgehead atoms. The van der Waals surface area contributed by atoms with Gasteiger partial charge in [0.15, 0.2) is 5.96 Å². The van der Waals surface area contributed by atoms with Gasteiger partial charge in [-0.3, -0.25) is 33.8 Å². The summed E-state index contributed by atoms with van der Waals surface area (Å²) in [4.78, 5) is 85.2. The predicted molar refractivity (Wildman–Crippen MR) is 198 cm³/mol. The summed E-state index contributed by atoms with van der Waals surface area (Å²) in [5.74, 6) is -4.10. The van der Waals surface area contributed by atoms with E-state index >= 15 is 0 Å². The van der Waals surface area contributed by atoms with Gasteiger partial charge in [0.2, 0.25) is 29.5 Å². The number of carboxylic acids is 1. The van der Waals surface area contributed by atoms with Crippen molar-refractivity contribution in [1.29, 1.82) is 0 Å². The van der Waals surface area contributed by atoms with Crippen LogP contribution in [-0.2, 0) is 41.6 Å². The van der Waals surface area contributed by atoms with Crippen molar-refractivity contribution in [2.45, 2.75) is 95.4 Å². The summed E-state index contributed by atoms with van der Waals surface area (Å²) in [5, 5.41) is 20.3. The first-order valence-electron chi connectivity index (χ1n) is 18.2. The molecular formula is C38H52N8O7. The molecule has 2 aliphatic rings. The zero-order valence-electron chi connectivity index (χ0n) is 30.3. The number of piperidine rings is 1. The van der Waals surface area contributed by atoms with Gasteiger partial charge >= 0.3 is 5.97 Å². The number of fused-ring (bicyclic) bond motifs is 1. The summed E-state index contributed by atoms with van der Waals surface area (Å²) in [7, 11) is 0. The third kappa shape index (κ3) is 12.0. The van der Waals surface area contributed by atoms with Crippen LogP contribution >= 0.6 is 0 Å². The lowest BCUT2D eigenvalue weighted by atomic mass is 9.86. The number of benzene rings is 2. The summed E-state index contributed by atoms with van der Waals surface area (Å²) in [6.45, 7) is 4.17. The Morgan fingerprint density at radius 2 is 1.57 bits per heavy atom. The maximum atomic E-state index is 14.2. The Morgan fingerprint density at radius 3 is 2.19 bits per heavy atom. The normalized spacial score (nSPS) is 20.4. The predicted octanol–water partition coefficient (Wildman–Crippen LogP) is 0.606. The highest BCUT2D eigenvalue weighted by Crippen LogP contribution is 2.39. The standard InChI is InChI=1S/C38H52N8O7/c1-23(2)22-42-34(50)29(21-33(48)49)45-35(51)27(14-9-17-41-38(39)40)44-36(52)31-20-26(18-24-10-5-3-6-11-24)30-16-15-28(37(53)46(30)31)43-32(47)19-25-12-7-4-8-13-25/h3-8,10-13,23,26-31H,9,14-22H2,1-2H3,(H,42,50)(H,43,47)(H,44,52)(H,45,51)(H,48,49)(H4,39,40,41)/t26-,27+,28+,29+,30+,31+/m1/s1. The van der Waals surface area contributed by atoms with E-state index in [4.69, 9.17) is 11.5 Å². The molecule has 0 spiro atoms. The van der Waals surface area contributed by atoms with Gasteiger partial charge in [0.25, 0.3) is 0 Å². The molecule has 2 aromatic carbocycles. The highest BCUT2D eigenvalue weighted by Gasteiger charge is 2.51. The first-order chi connectivity index (χ1) is 25.3. The monoisotopic (exact) mass is 732 g/mol. The van der Waals surface area contributed by atoms with Crippen molar-refractivity contribution in [3.63, 3.8) is 0 Å². The number of guanidine groups is 1. The molecular weight excluding hydrogens is 680 g/mol. The van der Waals surface area contributed by atoms with Gasteiger partial charge in [-0.25, -0.2) is 0 Å². The van der Waals surface area contributed by atoms with E-state index in [0.29, 0.717) is 25.7 Å². The third-order valence-electron chi connectivity index (χ3n) is 9.53. The van der Waals surface area contributed by atoms with Crippen LogP contribution in [0.3, 0.4) is 0 Å². The molecule has 0 unspecified atom stereocenters. The van der Waals surface area contributed by atoms with Crippen molar-refractivity contribution in [3.8, 4) is 0 Å². The van der Waals surface area contributed by atoms with E-state index in [9.17, 15) is 33.9 Å². The number of carbonyl (C=O) groups is 6. The fourth-order valence-corrected chi connectivity index (χ4v) is 7.00. The van der Waals surface area contributed by atoms with E-state index in [-0.39, 0.29) is 68.0 Å². The Kier molecular flexibility index (Phi) is 14.7. The molecule has 2 aliphatic heterocycles. The lowest BCUT2D eigenvalue weighted by molar-refractivity contribution is -0.147. The largest absolute Gasteiger partial charge is 0.481 e. The Bertz CT molecular complexity index is 1620. The molecule has 0 aliphatic carbocycles. The zero-order valence-corrected chi connectivity index (χ0v) is 30.3. The number of hydrogen-bond acceptors (Lipinski definition) is 7. The maximum absolute atomic E-state index is 14.2. The average molecular weight is 733 g/mol. The van der Waals surface area contributed by atoms with E-state index in [2.05, 4.69) is 26.3 Å². The van der Waals surface area contributed by atoms with Crippen molar-refractivity contribution in [2.75, 3.05) is 13.1 Å². The number of carboxylic acid groups (broad SMARTS) is 1. The van der Waals surface area contributed by atoms with E-state index < -0.39 is 54.3 Å².